The molecule has 3 heterocycles. The molecule has 0 atom stereocenters. The number of hydrogen-bond acceptors (Lipinski definition) is 4. The molecule has 0 bridgehead atoms. The Morgan fingerprint density at radius 2 is 1.92 bits per heavy atom. The van der Waals surface area contributed by atoms with Gasteiger partial charge in [0.2, 0.25) is 0 Å². The number of urea groups is 1. The molecule has 0 radical (unpaired) electrons. The maximum absolute atomic E-state index is 12.5. The number of piperazine rings is 1. The Bertz CT molecular complexity index is 880. The molecule has 1 saturated heterocycles. The molecule has 0 saturated carbocycles. The van der Waals surface area contributed by atoms with E-state index in [0.29, 0.717) is 18.9 Å². The lowest BCUT2D eigenvalue weighted by Gasteiger charge is -2.35. The number of H-pyrrole nitrogens is 1. The number of aromatic nitrogens is 2. The second-order valence-corrected chi connectivity index (χ2v) is 7.31. The zero-order chi connectivity index (χ0) is 17.9. The van der Waals surface area contributed by atoms with Gasteiger partial charge in [0.05, 0.1) is 10.6 Å². The summed E-state index contributed by atoms with van der Waals surface area (Å²) in [6.45, 7) is 5.12. The number of aryl methyl sites for hydroxylation is 1. The van der Waals surface area contributed by atoms with Gasteiger partial charge in [-0.25, -0.2) is 4.79 Å². The van der Waals surface area contributed by atoms with Crippen LogP contribution in [0.15, 0.2) is 47.8 Å². The smallest absolute Gasteiger partial charge is 0.323 e. The Hall–Kier alpha value is -2.80. The van der Waals surface area contributed by atoms with Gasteiger partial charge in [-0.15, -0.1) is 11.3 Å². The molecule has 0 unspecified atom stereocenters. The number of amides is 2. The van der Waals surface area contributed by atoms with Gasteiger partial charge < -0.3 is 9.80 Å². The highest BCUT2D eigenvalue weighted by molar-refractivity contribution is 7.13. The molecule has 0 aliphatic carbocycles. The summed E-state index contributed by atoms with van der Waals surface area (Å²) in [5.41, 5.74) is 3.35. The number of anilines is 2. The number of carbonyl (C=O) groups excluding carboxylic acids is 1. The van der Waals surface area contributed by atoms with Crippen LogP contribution in [-0.2, 0) is 0 Å². The molecule has 2 aromatic heterocycles. The molecule has 1 aliphatic rings. The summed E-state index contributed by atoms with van der Waals surface area (Å²) in [6.07, 6.45) is 0. The van der Waals surface area contributed by atoms with Crippen LogP contribution in [0, 0.1) is 6.92 Å². The monoisotopic (exact) mass is 367 g/mol. The molecule has 26 heavy (non-hydrogen) atoms. The number of nitrogens with one attached hydrogen (secondary N) is 2. The number of aromatic amines is 1. The molecule has 1 fully saturated rings. The van der Waals surface area contributed by atoms with E-state index in [1.54, 1.807) is 11.3 Å². The number of para-hydroxylation sites is 1. The third kappa shape index (κ3) is 3.57. The first kappa shape index (κ1) is 16.7. The van der Waals surface area contributed by atoms with Crippen molar-refractivity contribution in [1.82, 2.24) is 15.1 Å². The molecule has 0 spiro atoms. The summed E-state index contributed by atoms with van der Waals surface area (Å²) >= 11 is 1.66. The van der Waals surface area contributed by atoms with Crippen molar-refractivity contribution in [3.8, 4) is 10.6 Å². The summed E-state index contributed by atoms with van der Waals surface area (Å²) < 4.78 is 0. The quantitative estimate of drug-likeness (QED) is 0.740. The van der Waals surface area contributed by atoms with Gasteiger partial charge in [0.25, 0.3) is 0 Å². The van der Waals surface area contributed by atoms with Gasteiger partial charge in [0, 0.05) is 37.9 Å². The molecule has 2 amide bonds. The third-order valence-electron chi connectivity index (χ3n) is 4.50. The number of hydrogen-bond donors (Lipinski definition) is 2. The van der Waals surface area contributed by atoms with Crippen LogP contribution in [0.2, 0.25) is 0 Å². The van der Waals surface area contributed by atoms with Crippen molar-refractivity contribution in [3.63, 3.8) is 0 Å². The van der Waals surface area contributed by atoms with Crippen molar-refractivity contribution in [2.75, 3.05) is 36.4 Å². The van der Waals surface area contributed by atoms with Gasteiger partial charge in [0.15, 0.2) is 5.82 Å². The zero-order valence-corrected chi connectivity index (χ0v) is 15.4. The van der Waals surface area contributed by atoms with Gasteiger partial charge in [-0.1, -0.05) is 18.2 Å². The fourth-order valence-electron chi connectivity index (χ4n) is 3.08. The average Bonchev–Trinajstić information content (AvgIpc) is 3.31. The minimum absolute atomic E-state index is 0.0990. The molecule has 7 heteroatoms. The minimum Gasteiger partial charge on any atom is -0.368 e. The van der Waals surface area contributed by atoms with Crippen molar-refractivity contribution in [2.24, 2.45) is 0 Å². The largest absolute Gasteiger partial charge is 0.368 e. The first-order valence-electron chi connectivity index (χ1n) is 8.66. The molecule has 1 aromatic carbocycles. The lowest BCUT2D eigenvalue weighted by atomic mass is 10.2. The summed E-state index contributed by atoms with van der Waals surface area (Å²) in [7, 11) is 0. The fraction of sp³-hybridized carbons (Fsp3) is 0.263. The molecule has 134 valence electrons. The predicted octanol–water partition coefficient (Wildman–Crippen LogP) is 3.80. The summed E-state index contributed by atoms with van der Waals surface area (Å²) in [5.74, 6) is 0.557. The SMILES string of the molecule is Cc1csc(-c2cc(NC(=O)N3CCN(c4ccccc4)CC3)n[nH]2)c1. The van der Waals surface area contributed by atoms with Gasteiger partial charge in [0.1, 0.15) is 0 Å². The molecule has 6 nitrogen and oxygen atoms in total. The van der Waals surface area contributed by atoms with Gasteiger partial charge in [-0.2, -0.15) is 5.10 Å². The zero-order valence-electron chi connectivity index (χ0n) is 14.6. The molecule has 2 N–H and O–H groups in total. The third-order valence-corrected chi connectivity index (χ3v) is 5.58. The van der Waals surface area contributed by atoms with Crippen molar-refractivity contribution in [3.05, 3.63) is 53.4 Å². The Balaban J connectivity index is 1.34. The molecule has 1 aliphatic heterocycles. The number of rotatable bonds is 3. The van der Waals surface area contributed by atoms with E-state index in [-0.39, 0.29) is 6.03 Å². The Morgan fingerprint density at radius 3 is 2.62 bits per heavy atom. The second-order valence-electron chi connectivity index (χ2n) is 6.39. The van der Waals surface area contributed by atoms with E-state index >= 15 is 0 Å². The van der Waals surface area contributed by atoms with Crippen molar-refractivity contribution in [2.45, 2.75) is 6.92 Å². The summed E-state index contributed by atoms with van der Waals surface area (Å²) in [4.78, 5) is 17.8. The predicted molar refractivity (Wildman–Crippen MR) is 106 cm³/mol. The Labute approximate surface area is 156 Å². The van der Waals surface area contributed by atoms with Gasteiger partial charge in [-0.05, 0) is 36.1 Å². The lowest BCUT2D eigenvalue weighted by Crippen LogP contribution is -2.50. The summed E-state index contributed by atoms with van der Waals surface area (Å²) in [5, 5.41) is 12.2. The van der Waals surface area contributed by atoms with Crippen LogP contribution in [-0.4, -0.2) is 47.3 Å². The first-order chi connectivity index (χ1) is 12.7. The molecule has 3 aromatic rings. The van der Waals surface area contributed by atoms with E-state index in [9.17, 15) is 4.79 Å². The summed E-state index contributed by atoms with van der Waals surface area (Å²) in [6, 6.07) is 14.2. The topological polar surface area (TPSA) is 64.3 Å². The first-order valence-corrected chi connectivity index (χ1v) is 9.54. The maximum Gasteiger partial charge on any atom is 0.323 e. The number of nitrogens with zero attached hydrogens (tertiary/aromatic N) is 3. The molecule has 4 rings (SSSR count). The van der Waals surface area contributed by atoms with Gasteiger partial charge >= 0.3 is 6.03 Å². The van der Waals surface area contributed by atoms with Gasteiger partial charge in [-0.3, -0.25) is 10.4 Å². The average molecular weight is 367 g/mol. The minimum atomic E-state index is -0.0990. The second kappa shape index (κ2) is 7.21. The Kier molecular flexibility index (Phi) is 4.62. The lowest BCUT2D eigenvalue weighted by molar-refractivity contribution is 0.208. The van der Waals surface area contributed by atoms with Crippen molar-refractivity contribution < 1.29 is 4.79 Å². The highest BCUT2D eigenvalue weighted by Gasteiger charge is 2.22. The highest BCUT2D eigenvalue weighted by atomic mass is 32.1. The van der Waals surface area contributed by atoms with Crippen LogP contribution in [0.5, 0.6) is 0 Å². The van der Waals surface area contributed by atoms with Crippen LogP contribution < -0.4 is 10.2 Å². The molecular formula is C19H21N5OS. The number of benzene rings is 1. The van der Waals surface area contributed by atoms with Crippen LogP contribution in [0.4, 0.5) is 16.3 Å². The van der Waals surface area contributed by atoms with E-state index in [0.717, 1.165) is 23.7 Å². The van der Waals surface area contributed by atoms with Crippen molar-refractivity contribution in [1.29, 1.82) is 0 Å². The van der Waals surface area contributed by atoms with E-state index in [1.165, 1.54) is 11.3 Å². The number of carbonyl (C=O) groups is 1. The van der Waals surface area contributed by atoms with Crippen LogP contribution in [0.25, 0.3) is 10.6 Å². The van der Waals surface area contributed by atoms with E-state index in [2.05, 4.69) is 50.9 Å². The normalized spacial score (nSPS) is 14.5. The van der Waals surface area contributed by atoms with Crippen LogP contribution in [0.1, 0.15) is 5.56 Å². The standard InChI is InChI=1S/C19H21N5OS/c1-14-11-17(26-13-14)16-12-18(22-21-16)20-19(25)24-9-7-23(8-10-24)15-5-3-2-4-6-15/h2-6,11-13H,7-10H2,1H3,(H2,20,21,22,25). The van der Waals surface area contributed by atoms with E-state index in [4.69, 9.17) is 0 Å². The van der Waals surface area contributed by atoms with Crippen LogP contribution >= 0.6 is 11.3 Å². The van der Waals surface area contributed by atoms with Crippen molar-refractivity contribution >= 4 is 28.9 Å². The van der Waals surface area contributed by atoms with Crippen LogP contribution in [0.3, 0.4) is 0 Å². The Morgan fingerprint density at radius 1 is 1.15 bits per heavy atom. The van der Waals surface area contributed by atoms with E-state index < -0.39 is 0 Å². The maximum atomic E-state index is 12.5. The van der Waals surface area contributed by atoms with E-state index in [1.807, 2.05) is 29.2 Å². The highest BCUT2D eigenvalue weighted by Crippen LogP contribution is 2.26. The number of thiophene rings is 1. The fourth-order valence-corrected chi connectivity index (χ4v) is 3.95. The molecular weight excluding hydrogens is 346 g/mol.